The summed E-state index contributed by atoms with van der Waals surface area (Å²) in [4.78, 5) is 16.6. The van der Waals surface area contributed by atoms with Crippen LogP contribution in [0, 0.1) is 12.7 Å². The zero-order valence-corrected chi connectivity index (χ0v) is 12.1. The number of Topliss-reactive ketones (excluding diaryl/α,β-unsaturated/α-hetero) is 1. The van der Waals surface area contributed by atoms with E-state index in [1.54, 1.807) is 13.1 Å². The van der Waals surface area contributed by atoms with Crippen LogP contribution in [0.15, 0.2) is 47.5 Å². The maximum absolute atomic E-state index is 13.4. The number of ketones is 1. The van der Waals surface area contributed by atoms with E-state index in [0.717, 1.165) is 11.1 Å². The number of fused-ring (bicyclic) bond motifs is 1. The van der Waals surface area contributed by atoms with Gasteiger partial charge in [-0.2, -0.15) is 0 Å². The van der Waals surface area contributed by atoms with Crippen LogP contribution in [0.4, 0.5) is 4.39 Å². The molecular weight excluding hydrogens is 265 g/mol. The van der Waals surface area contributed by atoms with Crippen molar-refractivity contribution in [3.8, 4) is 0 Å². The monoisotopic (exact) mass is 281 g/mol. The Labute approximate surface area is 123 Å². The zero-order chi connectivity index (χ0) is 15.0. The van der Waals surface area contributed by atoms with Crippen molar-refractivity contribution in [1.82, 2.24) is 0 Å². The predicted molar refractivity (Wildman–Crippen MR) is 81.5 cm³/mol. The van der Waals surface area contributed by atoms with Gasteiger partial charge in [-0.15, -0.1) is 0 Å². The summed E-state index contributed by atoms with van der Waals surface area (Å²) in [6.45, 7) is 2.03. The van der Waals surface area contributed by atoms with Crippen molar-refractivity contribution < 1.29 is 9.18 Å². The van der Waals surface area contributed by atoms with Gasteiger partial charge in [-0.1, -0.05) is 35.9 Å². The van der Waals surface area contributed by atoms with Gasteiger partial charge in [0.1, 0.15) is 11.5 Å². The second kappa shape index (κ2) is 5.24. The van der Waals surface area contributed by atoms with E-state index in [1.807, 2.05) is 31.2 Å². The summed E-state index contributed by atoms with van der Waals surface area (Å²) >= 11 is 0. The number of carbonyl (C=O) groups excluding carboxylic acids is 1. The van der Waals surface area contributed by atoms with E-state index in [9.17, 15) is 9.18 Å². The minimum atomic E-state index is -0.335. The molecule has 3 rings (SSSR count). The number of halogens is 1. The Morgan fingerprint density at radius 2 is 1.86 bits per heavy atom. The highest BCUT2D eigenvalue weighted by Gasteiger charge is 2.36. The minimum absolute atomic E-state index is 0.0151. The second-order valence-electron chi connectivity index (χ2n) is 5.41. The lowest BCUT2D eigenvalue weighted by Crippen LogP contribution is -2.15. The molecule has 0 heterocycles. The predicted octanol–water partition coefficient (Wildman–Crippen LogP) is 3.46. The number of hydrogen-bond acceptors (Lipinski definition) is 2. The van der Waals surface area contributed by atoms with Crippen molar-refractivity contribution in [2.45, 2.75) is 19.3 Å². The molecule has 1 atom stereocenters. The molecule has 0 saturated carbocycles. The number of nitrogens with zero attached hydrogens (tertiary/aromatic N) is 1. The van der Waals surface area contributed by atoms with E-state index in [4.69, 9.17) is 0 Å². The van der Waals surface area contributed by atoms with Crippen LogP contribution >= 0.6 is 0 Å². The smallest absolute Gasteiger partial charge is 0.189 e. The first-order chi connectivity index (χ1) is 10.1. The summed E-state index contributed by atoms with van der Waals surface area (Å²) < 4.78 is 13.4. The normalized spacial score (nSPS) is 19.1. The van der Waals surface area contributed by atoms with Crippen LogP contribution in [0.25, 0.3) is 0 Å². The topological polar surface area (TPSA) is 29.4 Å². The molecule has 106 valence electrons. The molecule has 0 fully saturated rings. The highest BCUT2D eigenvalue weighted by molar-refractivity contribution is 6.51. The van der Waals surface area contributed by atoms with E-state index in [-0.39, 0.29) is 17.5 Å². The van der Waals surface area contributed by atoms with Gasteiger partial charge in [0.15, 0.2) is 5.78 Å². The zero-order valence-electron chi connectivity index (χ0n) is 12.1. The summed E-state index contributed by atoms with van der Waals surface area (Å²) in [7, 11) is 1.58. The van der Waals surface area contributed by atoms with Crippen molar-refractivity contribution in [2.24, 2.45) is 4.99 Å². The van der Waals surface area contributed by atoms with Crippen molar-refractivity contribution in [2.75, 3.05) is 7.05 Å². The standard InChI is InChI=1S/C18H16FNO/c1-11-3-5-12(6-4-11)9-16-14-8-7-13(19)10-15(14)17(20-2)18(16)21/h3-8,10,16H,9H2,1-2H3/b20-17-. The van der Waals surface area contributed by atoms with E-state index in [2.05, 4.69) is 4.99 Å². The third-order valence-electron chi connectivity index (χ3n) is 3.98. The number of rotatable bonds is 2. The molecule has 21 heavy (non-hydrogen) atoms. The number of aryl methyl sites for hydroxylation is 1. The van der Waals surface area contributed by atoms with E-state index in [1.165, 1.54) is 17.7 Å². The maximum atomic E-state index is 13.4. The van der Waals surface area contributed by atoms with Crippen molar-refractivity contribution in [1.29, 1.82) is 0 Å². The molecule has 1 aliphatic carbocycles. The minimum Gasteiger partial charge on any atom is -0.292 e. The number of aliphatic imine (C=N–C) groups is 1. The van der Waals surface area contributed by atoms with Gasteiger partial charge in [0.25, 0.3) is 0 Å². The fraction of sp³-hybridized carbons (Fsp3) is 0.222. The molecule has 0 saturated heterocycles. The molecule has 3 heteroatoms. The van der Waals surface area contributed by atoms with Crippen molar-refractivity contribution in [3.63, 3.8) is 0 Å². The average Bonchev–Trinajstić information content (AvgIpc) is 2.73. The van der Waals surface area contributed by atoms with Gasteiger partial charge in [-0.05, 0) is 36.6 Å². The largest absolute Gasteiger partial charge is 0.292 e. The summed E-state index contributed by atoms with van der Waals surface area (Å²) in [6, 6.07) is 12.7. The average molecular weight is 281 g/mol. The summed E-state index contributed by atoms with van der Waals surface area (Å²) in [6.07, 6.45) is 0.622. The van der Waals surface area contributed by atoms with Gasteiger partial charge in [0, 0.05) is 12.6 Å². The highest BCUT2D eigenvalue weighted by atomic mass is 19.1. The summed E-state index contributed by atoms with van der Waals surface area (Å²) in [5.41, 5.74) is 4.20. The molecule has 2 aromatic rings. The quantitative estimate of drug-likeness (QED) is 0.829. The molecular formula is C18H16FNO. The molecule has 0 amide bonds. The number of benzene rings is 2. The van der Waals surface area contributed by atoms with Crippen LogP contribution in [-0.2, 0) is 11.2 Å². The Balaban J connectivity index is 2.00. The lowest BCUT2D eigenvalue weighted by molar-refractivity contribution is -0.113. The third-order valence-corrected chi connectivity index (χ3v) is 3.98. The SMILES string of the molecule is C/N=C1\C(=O)C(Cc2ccc(C)cc2)c2ccc(F)cc21. The van der Waals surface area contributed by atoms with E-state index >= 15 is 0 Å². The molecule has 0 aliphatic heterocycles. The van der Waals surface area contributed by atoms with Crippen LogP contribution in [-0.4, -0.2) is 18.5 Å². The summed E-state index contributed by atoms with van der Waals surface area (Å²) in [5, 5.41) is 0. The Bertz CT molecular complexity index is 731. The van der Waals surface area contributed by atoms with Gasteiger partial charge in [-0.25, -0.2) is 4.39 Å². The molecule has 2 aromatic carbocycles. The first kappa shape index (κ1) is 13.7. The van der Waals surface area contributed by atoms with Crippen LogP contribution in [0.2, 0.25) is 0 Å². The van der Waals surface area contributed by atoms with E-state index in [0.29, 0.717) is 17.7 Å². The maximum Gasteiger partial charge on any atom is 0.189 e. The Hall–Kier alpha value is -2.29. The molecule has 0 aromatic heterocycles. The number of hydrogen-bond donors (Lipinski definition) is 0. The molecule has 2 nitrogen and oxygen atoms in total. The van der Waals surface area contributed by atoms with E-state index < -0.39 is 0 Å². The molecule has 1 aliphatic rings. The lowest BCUT2D eigenvalue weighted by atomic mass is 9.92. The Kier molecular flexibility index (Phi) is 3.42. The van der Waals surface area contributed by atoms with Crippen molar-refractivity contribution in [3.05, 3.63) is 70.5 Å². The number of carbonyl (C=O) groups is 1. The van der Waals surface area contributed by atoms with Crippen LogP contribution in [0.1, 0.15) is 28.2 Å². The fourth-order valence-electron chi connectivity index (χ4n) is 2.87. The van der Waals surface area contributed by atoms with Crippen LogP contribution in [0.3, 0.4) is 0 Å². The third kappa shape index (κ3) is 2.40. The van der Waals surface area contributed by atoms with Gasteiger partial charge >= 0.3 is 0 Å². The fourth-order valence-corrected chi connectivity index (χ4v) is 2.87. The summed E-state index contributed by atoms with van der Waals surface area (Å²) in [5.74, 6) is -0.612. The molecule has 1 unspecified atom stereocenters. The Morgan fingerprint density at radius 3 is 2.52 bits per heavy atom. The van der Waals surface area contributed by atoms with Gasteiger partial charge in [-0.3, -0.25) is 9.79 Å². The van der Waals surface area contributed by atoms with Crippen molar-refractivity contribution >= 4 is 11.5 Å². The van der Waals surface area contributed by atoms with Gasteiger partial charge < -0.3 is 0 Å². The van der Waals surface area contributed by atoms with Gasteiger partial charge in [0.05, 0.1) is 5.92 Å². The molecule has 0 N–H and O–H groups in total. The van der Waals surface area contributed by atoms with Gasteiger partial charge in [0.2, 0.25) is 0 Å². The highest BCUT2D eigenvalue weighted by Crippen LogP contribution is 2.34. The first-order valence-electron chi connectivity index (χ1n) is 6.96. The molecule has 0 radical (unpaired) electrons. The van der Waals surface area contributed by atoms with Crippen LogP contribution < -0.4 is 0 Å². The lowest BCUT2D eigenvalue weighted by Gasteiger charge is -2.10. The van der Waals surface area contributed by atoms with Crippen LogP contribution in [0.5, 0.6) is 0 Å². The molecule has 0 spiro atoms. The first-order valence-corrected chi connectivity index (χ1v) is 6.96. The Morgan fingerprint density at radius 1 is 1.14 bits per heavy atom. The second-order valence-corrected chi connectivity index (χ2v) is 5.41. The molecule has 0 bridgehead atoms.